The molecule has 0 fully saturated rings. The Kier molecular flexibility index (Phi) is 4.86. The lowest BCUT2D eigenvalue weighted by molar-refractivity contribution is -0.115. The van der Waals surface area contributed by atoms with Crippen LogP contribution < -0.4 is 20.5 Å². The zero-order chi connectivity index (χ0) is 21.4. The topological polar surface area (TPSA) is 104 Å². The van der Waals surface area contributed by atoms with E-state index in [4.69, 9.17) is 15.2 Å². The minimum absolute atomic E-state index is 0.324. The van der Waals surface area contributed by atoms with Gasteiger partial charge in [0.25, 0.3) is 0 Å². The summed E-state index contributed by atoms with van der Waals surface area (Å²) in [6.07, 6.45) is 0. The number of methoxy groups -OCH3 is 2. The molecule has 3 aromatic rings. The van der Waals surface area contributed by atoms with E-state index in [1.807, 2.05) is 6.07 Å². The lowest BCUT2D eigenvalue weighted by atomic mass is 9.94. The number of allylic oxidation sites excluding steroid dienone is 1. The molecule has 0 saturated heterocycles. The molecule has 2 heterocycles. The molecule has 1 aromatic heterocycles. The maximum absolute atomic E-state index is 13.3. The van der Waals surface area contributed by atoms with E-state index in [0.717, 1.165) is 0 Å². The maximum atomic E-state index is 13.3. The number of carbonyl (C=O) groups excluding carboxylic acids is 1. The van der Waals surface area contributed by atoms with Gasteiger partial charge in [-0.25, -0.2) is 9.07 Å². The fourth-order valence-corrected chi connectivity index (χ4v) is 3.61. The van der Waals surface area contributed by atoms with Crippen molar-refractivity contribution in [1.82, 2.24) is 14.8 Å². The Morgan fingerprint density at radius 1 is 1.17 bits per heavy atom. The summed E-state index contributed by atoms with van der Waals surface area (Å²) in [7, 11) is 3.06. The Labute approximate surface area is 172 Å². The normalized spacial score (nSPS) is 15.4. The van der Waals surface area contributed by atoms with E-state index in [1.54, 1.807) is 35.9 Å². The Hall–Kier alpha value is -3.88. The highest BCUT2D eigenvalue weighted by molar-refractivity contribution is 5.95. The SMILES string of the molecule is COc1cccc(C2C(C(N)=O)=C(C)Nc3nc(-c4ccc(F)cc4)nn32)c1OC. The number of benzene rings is 2. The van der Waals surface area contributed by atoms with Crippen LogP contribution in [0.3, 0.4) is 0 Å². The van der Waals surface area contributed by atoms with Crippen LogP contribution in [0.15, 0.2) is 53.7 Å². The molecule has 3 N–H and O–H groups in total. The number of hydrogen-bond acceptors (Lipinski definition) is 6. The number of nitrogens with two attached hydrogens (primary N) is 1. The van der Waals surface area contributed by atoms with Crippen molar-refractivity contribution < 1.29 is 18.7 Å². The molecule has 30 heavy (non-hydrogen) atoms. The van der Waals surface area contributed by atoms with Crippen LogP contribution >= 0.6 is 0 Å². The van der Waals surface area contributed by atoms with Gasteiger partial charge in [0.05, 0.1) is 19.8 Å². The summed E-state index contributed by atoms with van der Waals surface area (Å²) in [4.78, 5) is 16.9. The van der Waals surface area contributed by atoms with E-state index in [2.05, 4.69) is 15.4 Å². The fourth-order valence-electron chi connectivity index (χ4n) is 3.61. The second-order valence-electron chi connectivity index (χ2n) is 6.72. The summed E-state index contributed by atoms with van der Waals surface area (Å²) in [5, 5.41) is 7.67. The first-order valence-corrected chi connectivity index (χ1v) is 9.15. The number of amides is 1. The highest BCUT2D eigenvalue weighted by atomic mass is 19.1. The van der Waals surface area contributed by atoms with Crippen molar-refractivity contribution in [3.05, 3.63) is 65.1 Å². The number of fused-ring (bicyclic) bond motifs is 1. The van der Waals surface area contributed by atoms with Crippen molar-refractivity contribution >= 4 is 11.9 Å². The second-order valence-corrected chi connectivity index (χ2v) is 6.72. The van der Waals surface area contributed by atoms with E-state index in [-0.39, 0.29) is 5.82 Å². The van der Waals surface area contributed by atoms with Crippen LogP contribution in [0.5, 0.6) is 11.5 Å². The van der Waals surface area contributed by atoms with E-state index >= 15 is 0 Å². The first-order chi connectivity index (χ1) is 14.4. The summed E-state index contributed by atoms with van der Waals surface area (Å²) in [5.41, 5.74) is 7.89. The lowest BCUT2D eigenvalue weighted by Gasteiger charge is -2.29. The molecule has 9 heteroatoms. The van der Waals surface area contributed by atoms with Gasteiger partial charge in [0.1, 0.15) is 11.9 Å². The molecule has 8 nitrogen and oxygen atoms in total. The summed E-state index contributed by atoms with van der Waals surface area (Å²) in [5.74, 6) is 0.820. The van der Waals surface area contributed by atoms with Crippen LogP contribution in [0.4, 0.5) is 10.3 Å². The molecule has 0 aliphatic carbocycles. The molecule has 1 unspecified atom stereocenters. The molecule has 4 rings (SSSR count). The molecule has 0 radical (unpaired) electrons. The number of para-hydroxylation sites is 1. The van der Waals surface area contributed by atoms with Gasteiger partial charge in [0.2, 0.25) is 11.9 Å². The minimum Gasteiger partial charge on any atom is -0.493 e. The molecule has 154 valence electrons. The number of aromatic nitrogens is 3. The number of ether oxygens (including phenoxy) is 2. The Balaban J connectivity index is 1.93. The Bertz CT molecular complexity index is 1150. The molecule has 0 spiro atoms. The first kappa shape index (κ1) is 19.4. The minimum atomic E-state index is -0.689. The van der Waals surface area contributed by atoms with Crippen LogP contribution in [0.2, 0.25) is 0 Å². The third kappa shape index (κ3) is 3.14. The number of nitrogens with zero attached hydrogens (tertiary/aromatic N) is 3. The van der Waals surface area contributed by atoms with Crippen LogP contribution in [0, 0.1) is 5.82 Å². The number of anilines is 1. The fraction of sp³-hybridized carbons (Fsp3) is 0.190. The highest BCUT2D eigenvalue weighted by Crippen LogP contribution is 2.42. The predicted molar refractivity (Wildman–Crippen MR) is 109 cm³/mol. The van der Waals surface area contributed by atoms with E-state index < -0.39 is 11.9 Å². The van der Waals surface area contributed by atoms with Crippen LogP contribution in [0.1, 0.15) is 18.5 Å². The number of hydrogen-bond donors (Lipinski definition) is 2. The Morgan fingerprint density at radius 2 is 1.90 bits per heavy atom. The van der Waals surface area contributed by atoms with E-state index in [9.17, 15) is 9.18 Å². The predicted octanol–water partition coefficient (Wildman–Crippen LogP) is 2.88. The average molecular weight is 409 g/mol. The third-order valence-corrected chi connectivity index (χ3v) is 4.95. The average Bonchev–Trinajstić information content (AvgIpc) is 3.15. The summed E-state index contributed by atoms with van der Waals surface area (Å²) >= 11 is 0. The van der Waals surface area contributed by atoms with Crippen molar-refractivity contribution in [2.75, 3.05) is 19.5 Å². The number of halogens is 1. The smallest absolute Gasteiger partial charge is 0.248 e. The number of carbonyl (C=O) groups is 1. The van der Waals surface area contributed by atoms with Crippen molar-refractivity contribution in [2.45, 2.75) is 13.0 Å². The monoisotopic (exact) mass is 409 g/mol. The first-order valence-electron chi connectivity index (χ1n) is 9.15. The van der Waals surface area contributed by atoms with E-state index in [0.29, 0.717) is 45.7 Å². The third-order valence-electron chi connectivity index (χ3n) is 4.95. The van der Waals surface area contributed by atoms with Crippen LogP contribution in [0.25, 0.3) is 11.4 Å². The molecule has 1 aliphatic rings. The largest absolute Gasteiger partial charge is 0.493 e. The van der Waals surface area contributed by atoms with E-state index in [1.165, 1.54) is 26.4 Å². The second kappa shape index (κ2) is 7.51. The van der Waals surface area contributed by atoms with Gasteiger partial charge >= 0.3 is 0 Å². The number of rotatable bonds is 5. The molecule has 1 amide bonds. The van der Waals surface area contributed by atoms with Crippen molar-refractivity contribution in [2.24, 2.45) is 5.73 Å². The summed E-state index contributed by atoms with van der Waals surface area (Å²) in [6.45, 7) is 1.75. The number of primary amides is 1. The van der Waals surface area contributed by atoms with Gasteiger partial charge in [-0.05, 0) is 37.3 Å². The lowest BCUT2D eigenvalue weighted by Crippen LogP contribution is -2.32. The molecular formula is C21H20FN5O3. The zero-order valence-corrected chi connectivity index (χ0v) is 16.6. The number of nitrogens with one attached hydrogen (secondary N) is 1. The highest BCUT2D eigenvalue weighted by Gasteiger charge is 2.35. The van der Waals surface area contributed by atoms with Gasteiger partial charge in [-0.3, -0.25) is 4.79 Å². The van der Waals surface area contributed by atoms with Gasteiger partial charge in [-0.1, -0.05) is 12.1 Å². The molecule has 1 atom stereocenters. The van der Waals surface area contributed by atoms with Gasteiger partial charge < -0.3 is 20.5 Å². The summed E-state index contributed by atoms with van der Waals surface area (Å²) in [6, 6.07) is 10.5. The van der Waals surface area contributed by atoms with Crippen molar-refractivity contribution in [3.8, 4) is 22.9 Å². The molecule has 0 bridgehead atoms. The molecule has 0 saturated carbocycles. The Morgan fingerprint density at radius 3 is 2.53 bits per heavy atom. The molecule has 1 aliphatic heterocycles. The van der Waals surface area contributed by atoms with Crippen molar-refractivity contribution in [1.29, 1.82) is 0 Å². The van der Waals surface area contributed by atoms with Gasteiger partial charge in [0, 0.05) is 16.8 Å². The zero-order valence-electron chi connectivity index (χ0n) is 16.6. The van der Waals surface area contributed by atoms with Crippen LogP contribution in [-0.4, -0.2) is 34.9 Å². The molecule has 2 aromatic carbocycles. The summed E-state index contributed by atoms with van der Waals surface area (Å²) < 4.78 is 25.9. The standard InChI is InChI=1S/C21H20FN5O3/c1-11-16(19(23)28)17(14-5-4-6-15(29-2)18(14)30-3)27-21(24-11)25-20(26-27)12-7-9-13(22)10-8-12/h4-10,17H,1-3H3,(H2,23,28)(H,24,25,26). The molecular weight excluding hydrogens is 389 g/mol. The van der Waals surface area contributed by atoms with Crippen LogP contribution in [-0.2, 0) is 4.79 Å². The van der Waals surface area contributed by atoms with Gasteiger partial charge in [-0.15, -0.1) is 5.10 Å². The van der Waals surface area contributed by atoms with Gasteiger partial charge in [-0.2, -0.15) is 4.98 Å². The van der Waals surface area contributed by atoms with Crippen molar-refractivity contribution in [3.63, 3.8) is 0 Å². The van der Waals surface area contributed by atoms with Gasteiger partial charge in [0.15, 0.2) is 17.3 Å². The maximum Gasteiger partial charge on any atom is 0.248 e. The quantitative estimate of drug-likeness (QED) is 0.672.